The highest BCUT2D eigenvalue weighted by molar-refractivity contribution is 7.90. The molecule has 2 aliphatic rings. The molecule has 1 saturated carbocycles. The molecule has 38 heavy (non-hydrogen) atoms. The van der Waals surface area contributed by atoms with Crippen molar-refractivity contribution in [2.45, 2.75) is 42.0 Å². The number of rotatable bonds is 6. The number of amides is 1. The molecule has 198 valence electrons. The van der Waals surface area contributed by atoms with Gasteiger partial charge in [-0.15, -0.1) is 0 Å². The average Bonchev–Trinajstić information content (AvgIpc) is 3.44. The highest BCUT2D eigenvalue weighted by Gasteiger charge is 2.40. The molecule has 1 aliphatic carbocycles. The second kappa shape index (κ2) is 10.7. The normalized spacial score (nSPS) is 22.5. The lowest BCUT2D eigenvalue weighted by molar-refractivity contribution is 0.00493. The van der Waals surface area contributed by atoms with E-state index in [2.05, 4.69) is 21.3 Å². The van der Waals surface area contributed by atoms with Crippen molar-refractivity contribution in [3.8, 4) is 11.8 Å². The summed E-state index contributed by atoms with van der Waals surface area (Å²) in [5, 5.41) is 12.9. The summed E-state index contributed by atoms with van der Waals surface area (Å²) in [5.41, 5.74) is 1.90. The third-order valence-electron chi connectivity index (χ3n) is 7.61. The summed E-state index contributed by atoms with van der Waals surface area (Å²) < 4.78 is 30.6. The van der Waals surface area contributed by atoms with E-state index in [9.17, 15) is 18.5 Å². The van der Waals surface area contributed by atoms with Crippen molar-refractivity contribution in [2.24, 2.45) is 0 Å². The van der Waals surface area contributed by atoms with Crippen LogP contribution in [0.5, 0.6) is 0 Å². The van der Waals surface area contributed by atoms with Gasteiger partial charge in [-0.2, -0.15) is 5.26 Å². The van der Waals surface area contributed by atoms with Crippen molar-refractivity contribution in [3.63, 3.8) is 0 Å². The van der Waals surface area contributed by atoms with Crippen LogP contribution < -0.4 is 5.32 Å². The number of nitrogens with zero attached hydrogens (tertiary/aromatic N) is 4. The molecule has 0 radical (unpaired) electrons. The fourth-order valence-electron chi connectivity index (χ4n) is 5.34. The van der Waals surface area contributed by atoms with Crippen molar-refractivity contribution < 1.29 is 17.9 Å². The van der Waals surface area contributed by atoms with Gasteiger partial charge < -0.3 is 14.6 Å². The number of aromatic nitrogens is 2. The van der Waals surface area contributed by atoms with Gasteiger partial charge >= 0.3 is 0 Å². The number of pyridine rings is 1. The van der Waals surface area contributed by atoms with Gasteiger partial charge in [0.2, 0.25) is 0 Å². The fourth-order valence-corrected chi connectivity index (χ4v) is 5.97. The van der Waals surface area contributed by atoms with Gasteiger partial charge in [0.15, 0.2) is 9.84 Å². The summed E-state index contributed by atoms with van der Waals surface area (Å²) in [4.78, 5) is 20.1. The van der Waals surface area contributed by atoms with Crippen LogP contribution in [0.15, 0.2) is 66.0 Å². The van der Waals surface area contributed by atoms with Crippen LogP contribution in [0.1, 0.15) is 41.7 Å². The van der Waals surface area contributed by atoms with Gasteiger partial charge in [0.1, 0.15) is 0 Å². The Bertz CT molecular complexity index is 1430. The van der Waals surface area contributed by atoms with Crippen LogP contribution in [0.3, 0.4) is 0 Å². The number of ether oxygens (including phenoxy) is 1. The Morgan fingerprint density at radius 2 is 1.82 bits per heavy atom. The molecule has 0 bridgehead atoms. The Balaban J connectivity index is 1.22. The van der Waals surface area contributed by atoms with Gasteiger partial charge in [-0.1, -0.05) is 0 Å². The van der Waals surface area contributed by atoms with Crippen LogP contribution in [0.2, 0.25) is 0 Å². The third kappa shape index (κ3) is 5.50. The van der Waals surface area contributed by atoms with Crippen molar-refractivity contribution in [3.05, 3.63) is 72.3 Å². The van der Waals surface area contributed by atoms with Crippen molar-refractivity contribution in [1.29, 1.82) is 5.26 Å². The van der Waals surface area contributed by atoms with Crippen molar-refractivity contribution in [2.75, 3.05) is 37.9 Å². The number of carbonyl (C=O) groups is 1. The molecule has 0 atom stereocenters. The number of anilines is 1. The highest BCUT2D eigenvalue weighted by Crippen LogP contribution is 2.40. The molecule has 1 saturated heterocycles. The molecule has 9 nitrogen and oxygen atoms in total. The number of benzene rings is 1. The molecule has 3 aromatic rings. The van der Waals surface area contributed by atoms with Gasteiger partial charge in [-0.05, 0) is 68.1 Å². The van der Waals surface area contributed by atoms with E-state index in [1.54, 1.807) is 59.6 Å². The lowest BCUT2D eigenvalue weighted by Gasteiger charge is -2.41. The molecule has 1 N–H and O–H groups in total. The lowest BCUT2D eigenvalue weighted by Crippen LogP contribution is -2.47. The molecule has 3 heterocycles. The van der Waals surface area contributed by atoms with E-state index in [4.69, 9.17) is 4.74 Å². The summed E-state index contributed by atoms with van der Waals surface area (Å²) in [6.45, 7) is 3.46. The zero-order valence-corrected chi connectivity index (χ0v) is 22.2. The number of nitrogens with one attached hydrogen (secondary N) is 1. The smallest absolute Gasteiger partial charge is 0.257 e. The second-order valence-electron chi connectivity index (χ2n) is 10.0. The Labute approximate surface area is 223 Å². The maximum atomic E-state index is 12.8. The number of morpholine rings is 1. The van der Waals surface area contributed by atoms with E-state index in [0.717, 1.165) is 63.4 Å². The van der Waals surface area contributed by atoms with Crippen LogP contribution >= 0.6 is 0 Å². The van der Waals surface area contributed by atoms with E-state index in [1.807, 2.05) is 6.07 Å². The maximum Gasteiger partial charge on any atom is 0.257 e. The monoisotopic (exact) mass is 533 g/mol. The molecule has 1 aromatic carbocycles. The molecule has 2 aromatic heterocycles. The molecule has 2 fully saturated rings. The van der Waals surface area contributed by atoms with E-state index in [1.165, 1.54) is 6.26 Å². The van der Waals surface area contributed by atoms with Crippen LogP contribution in [0.25, 0.3) is 5.69 Å². The number of carbonyl (C=O) groups excluding carboxylic acids is 1. The van der Waals surface area contributed by atoms with E-state index in [0.29, 0.717) is 17.3 Å². The summed E-state index contributed by atoms with van der Waals surface area (Å²) >= 11 is 0. The first-order chi connectivity index (χ1) is 18.3. The Kier molecular flexibility index (Phi) is 7.34. The Hall–Kier alpha value is -3.52. The molecule has 10 heteroatoms. The molecule has 1 amide bonds. The third-order valence-corrected chi connectivity index (χ3v) is 8.74. The molecular formula is C28H31N5O4S. The SMILES string of the molecule is CS(=O)(=O)c1ccc(-n2ccc(C(=O)Nc3ccc([C@]4(C#N)CC[C@@H](N5CCOCC5)CC4)nc3)c2)cc1. The summed E-state index contributed by atoms with van der Waals surface area (Å²) in [6, 6.07) is 14.9. The first-order valence-corrected chi connectivity index (χ1v) is 14.7. The number of nitriles is 1. The van der Waals surface area contributed by atoms with Gasteiger partial charge in [0.05, 0.1) is 52.7 Å². The predicted octanol–water partition coefficient (Wildman–Crippen LogP) is 3.56. The van der Waals surface area contributed by atoms with E-state index < -0.39 is 15.3 Å². The van der Waals surface area contributed by atoms with Crippen LogP contribution in [0, 0.1) is 11.3 Å². The maximum absolute atomic E-state index is 12.8. The zero-order valence-electron chi connectivity index (χ0n) is 21.3. The first kappa shape index (κ1) is 26.1. The predicted molar refractivity (Wildman–Crippen MR) is 143 cm³/mol. The minimum absolute atomic E-state index is 0.241. The van der Waals surface area contributed by atoms with Gasteiger partial charge in [-0.3, -0.25) is 14.7 Å². The van der Waals surface area contributed by atoms with Crippen LogP contribution in [0.4, 0.5) is 5.69 Å². The average molecular weight is 534 g/mol. The summed E-state index contributed by atoms with van der Waals surface area (Å²) in [7, 11) is -3.27. The zero-order chi connectivity index (χ0) is 26.8. The minimum atomic E-state index is -3.27. The Morgan fingerprint density at radius 3 is 2.42 bits per heavy atom. The van der Waals surface area contributed by atoms with Crippen molar-refractivity contribution in [1.82, 2.24) is 14.5 Å². The standard InChI is InChI=1S/C28H31N5O4S/c1-38(35,36)25-5-3-23(4-6-25)33-13-10-21(19-33)27(34)31-22-2-7-26(30-18-22)28(20-29)11-8-24(9-12-28)32-14-16-37-17-15-32/h2-7,10,13,18-19,24H,8-9,11-12,14-17H2,1H3,(H,31,34)/t24-,28-. The number of hydrogen-bond donors (Lipinski definition) is 1. The summed E-state index contributed by atoms with van der Waals surface area (Å²) in [5.74, 6) is -0.285. The number of hydrogen-bond acceptors (Lipinski definition) is 7. The van der Waals surface area contributed by atoms with Crippen LogP contribution in [-0.4, -0.2) is 67.4 Å². The summed E-state index contributed by atoms with van der Waals surface area (Å²) in [6.07, 6.45) is 9.66. The number of sulfone groups is 1. The van der Waals surface area contributed by atoms with Gasteiger partial charge in [0.25, 0.3) is 5.91 Å². The lowest BCUT2D eigenvalue weighted by atomic mass is 9.71. The van der Waals surface area contributed by atoms with Gasteiger partial charge in [0, 0.05) is 43.5 Å². The molecule has 1 aliphatic heterocycles. The van der Waals surface area contributed by atoms with Crippen LogP contribution in [-0.2, 0) is 20.0 Å². The Morgan fingerprint density at radius 1 is 1.11 bits per heavy atom. The largest absolute Gasteiger partial charge is 0.379 e. The molecule has 0 spiro atoms. The first-order valence-electron chi connectivity index (χ1n) is 12.8. The van der Waals surface area contributed by atoms with Gasteiger partial charge in [-0.25, -0.2) is 8.42 Å². The highest BCUT2D eigenvalue weighted by atomic mass is 32.2. The fraction of sp³-hybridized carbons (Fsp3) is 0.393. The topological polar surface area (TPSA) is 117 Å². The second-order valence-corrected chi connectivity index (χ2v) is 12.0. The van der Waals surface area contributed by atoms with E-state index >= 15 is 0 Å². The molecular weight excluding hydrogens is 502 g/mol. The van der Waals surface area contributed by atoms with Crippen molar-refractivity contribution >= 4 is 21.4 Å². The minimum Gasteiger partial charge on any atom is -0.379 e. The quantitative estimate of drug-likeness (QED) is 0.515. The molecule has 5 rings (SSSR count). The molecule has 0 unspecified atom stereocenters. The van der Waals surface area contributed by atoms with E-state index in [-0.39, 0.29) is 10.8 Å².